The summed E-state index contributed by atoms with van der Waals surface area (Å²) in [6, 6.07) is 0. The minimum atomic E-state index is -0.455. The molecule has 0 radical (unpaired) electrons. The molecule has 1 N–H and O–H groups in total. The maximum atomic E-state index is 11.1. The third-order valence-corrected chi connectivity index (χ3v) is 2.53. The number of rotatable bonds is 5. The van der Waals surface area contributed by atoms with Crippen LogP contribution in [0.15, 0.2) is 23.9 Å². The molecule has 4 nitrogen and oxygen atoms in total. The molecule has 94 valence electrons. The molecule has 4 heteroatoms. The van der Waals surface area contributed by atoms with Gasteiger partial charge < -0.3 is 14.8 Å². The Kier molecular flexibility index (Phi) is 4.63. The molecule has 0 aromatic carbocycles. The van der Waals surface area contributed by atoms with Gasteiger partial charge in [0.15, 0.2) is 0 Å². The summed E-state index contributed by atoms with van der Waals surface area (Å²) in [5.41, 5.74) is 1.19. The number of allylic oxidation sites excluding steroid dienone is 1. The fraction of sp³-hybridized carbons (Fsp3) is 0.538. The van der Waals surface area contributed by atoms with Crippen LogP contribution in [0.25, 0.3) is 0 Å². The van der Waals surface area contributed by atoms with Crippen LogP contribution in [-0.2, 0) is 14.3 Å². The second kappa shape index (κ2) is 5.77. The number of piperidine rings is 1. The van der Waals surface area contributed by atoms with Crippen LogP contribution in [0.5, 0.6) is 0 Å². The molecule has 17 heavy (non-hydrogen) atoms. The number of carbonyl (C=O) groups excluding carboxylic acids is 2. The Hall–Kier alpha value is -1.42. The predicted octanol–water partition coefficient (Wildman–Crippen LogP) is 1.72. The van der Waals surface area contributed by atoms with E-state index in [1.54, 1.807) is 0 Å². The van der Waals surface area contributed by atoms with E-state index in [-0.39, 0.29) is 5.91 Å². The van der Waals surface area contributed by atoms with Crippen molar-refractivity contribution in [3.8, 4) is 0 Å². The van der Waals surface area contributed by atoms with Crippen molar-refractivity contribution in [2.75, 3.05) is 6.61 Å². The third-order valence-electron chi connectivity index (χ3n) is 2.53. The number of nitrogens with one attached hydrogen (secondary N) is 1. The quantitative estimate of drug-likeness (QED) is 0.585. The van der Waals surface area contributed by atoms with Crippen molar-refractivity contribution in [3.05, 3.63) is 23.9 Å². The monoisotopic (exact) mass is 237 g/mol. The highest BCUT2D eigenvalue weighted by Gasteiger charge is 2.21. The van der Waals surface area contributed by atoms with E-state index < -0.39 is 5.60 Å². The lowest BCUT2D eigenvalue weighted by Gasteiger charge is -2.25. The molecule has 0 aromatic heterocycles. The number of hydrogen-bond donors (Lipinski definition) is 1. The molecular formula is C13H19NO3. The second-order valence-electron chi connectivity index (χ2n) is 4.60. The van der Waals surface area contributed by atoms with Gasteiger partial charge in [-0.3, -0.25) is 4.79 Å². The molecule has 0 unspecified atom stereocenters. The molecule has 0 bridgehead atoms. The van der Waals surface area contributed by atoms with Crippen LogP contribution in [0.1, 0.15) is 33.1 Å². The van der Waals surface area contributed by atoms with E-state index in [1.807, 2.05) is 19.9 Å². The predicted molar refractivity (Wildman–Crippen MR) is 65.3 cm³/mol. The SMILES string of the molecule is C=C1NC(=O)CC/C1=C/C(C)(C)OCCC=O. The van der Waals surface area contributed by atoms with Crippen molar-refractivity contribution in [1.29, 1.82) is 0 Å². The van der Waals surface area contributed by atoms with Gasteiger partial charge in [0.05, 0.1) is 12.2 Å². The first-order chi connectivity index (χ1) is 7.94. The largest absolute Gasteiger partial charge is 0.371 e. The molecule has 0 saturated carbocycles. The van der Waals surface area contributed by atoms with Crippen LogP contribution in [0.3, 0.4) is 0 Å². The van der Waals surface area contributed by atoms with Crippen LogP contribution in [-0.4, -0.2) is 24.4 Å². The molecule has 1 aliphatic heterocycles. The third kappa shape index (κ3) is 4.53. The Balaban J connectivity index is 2.62. The van der Waals surface area contributed by atoms with Crippen LogP contribution in [0.4, 0.5) is 0 Å². The fourth-order valence-corrected chi connectivity index (χ4v) is 1.70. The number of aldehydes is 1. The van der Waals surface area contributed by atoms with Crippen LogP contribution in [0, 0.1) is 0 Å². The Morgan fingerprint density at radius 3 is 2.76 bits per heavy atom. The number of ether oxygens (including phenoxy) is 1. The Morgan fingerprint density at radius 1 is 1.47 bits per heavy atom. The number of carbonyl (C=O) groups is 2. The lowest BCUT2D eigenvalue weighted by atomic mass is 9.97. The van der Waals surface area contributed by atoms with Gasteiger partial charge in [-0.2, -0.15) is 0 Å². The lowest BCUT2D eigenvalue weighted by Crippen LogP contribution is -2.30. The van der Waals surface area contributed by atoms with Crippen LogP contribution >= 0.6 is 0 Å². The van der Waals surface area contributed by atoms with Gasteiger partial charge in [-0.15, -0.1) is 0 Å². The van der Waals surface area contributed by atoms with Crippen molar-refractivity contribution in [3.63, 3.8) is 0 Å². The van der Waals surface area contributed by atoms with Crippen molar-refractivity contribution in [2.45, 2.75) is 38.7 Å². The summed E-state index contributed by atoms with van der Waals surface area (Å²) in [4.78, 5) is 21.3. The molecular weight excluding hydrogens is 218 g/mol. The zero-order valence-corrected chi connectivity index (χ0v) is 10.4. The topological polar surface area (TPSA) is 55.4 Å². The maximum absolute atomic E-state index is 11.1. The van der Waals surface area contributed by atoms with Crippen LogP contribution in [0.2, 0.25) is 0 Å². The summed E-state index contributed by atoms with van der Waals surface area (Å²) in [7, 11) is 0. The number of hydrogen-bond acceptors (Lipinski definition) is 3. The second-order valence-corrected chi connectivity index (χ2v) is 4.60. The van der Waals surface area contributed by atoms with Gasteiger partial charge in [0, 0.05) is 18.5 Å². The molecule has 0 atom stereocenters. The molecule has 0 aliphatic carbocycles. The Labute approximate surface area is 102 Å². The first kappa shape index (κ1) is 13.6. The van der Waals surface area contributed by atoms with E-state index in [2.05, 4.69) is 11.9 Å². The van der Waals surface area contributed by atoms with Crippen molar-refractivity contribution >= 4 is 12.2 Å². The fourth-order valence-electron chi connectivity index (χ4n) is 1.70. The Morgan fingerprint density at radius 2 is 2.18 bits per heavy atom. The zero-order chi connectivity index (χ0) is 12.9. The summed E-state index contributed by atoms with van der Waals surface area (Å²) in [6.45, 7) is 8.07. The van der Waals surface area contributed by atoms with E-state index in [4.69, 9.17) is 4.74 Å². The molecule has 1 aliphatic rings. The molecule has 1 rings (SSSR count). The van der Waals surface area contributed by atoms with Crippen molar-refractivity contribution in [1.82, 2.24) is 5.32 Å². The highest BCUT2D eigenvalue weighted by atomic mass is 16.5. The summed E-state index contributed by atoms with van der Waals surface area (Å²) in [6.07, 6.45) is 4.35. The van der Waals surface area contributed by atoms with Crippen LogP contribution < -0.4 is 5.32 Å². The van der Waals surface area contributed by atoms with E-state index >= 15 is 0 Å². The number of amides is 1. The normalized spacial score (nSPS) is 19.3. The first-order valence-corrected chi connectivity index (χ1v) is 5.73. The summed E-state index contributed by atoms with van der Waals surface area (Å²) in [5.74, 6) is 0.00632. The molecule has 1 saturated heterocycles. The van der Waals surface area contributed by atoms with E-state index in [9.17, 15) is 9.59 Å². The van der Waals surface area contributed by atoms with Gasteiger partial charge in [0.2, 0.25) is 5.91 Å². The van der Waals surface area contributed by atoms with E-state index in [0.717, 1.165) is 11.9 Å². The molecule has 1 heterocycles. The minimum absolute atomic E-state index is 0.00632. The van der Waals surface area contributed by atoms with Gasteiger partial charge in [-0.05, 0) is 31.9 Å². The first-order valence-electron chi connectivity index (χ1n) is 5.73. The zero-order valence-electron chi connectivity index (χ0n) is 10.4. The lowest BCUT2D eigenvalue weighted by molar-refractivity contribution is -0.120. The van der Waals surface area contributed by atoms with Crippen molar-refractivity contribution in [2.24, 2.45) is 0 Å². The standard InChI is InChI=1S/C13H19NO3/c1-10-11(5-6-12(16)14-10)9-13(2,3)17-8-4-7-15/h7,9H,1,4-6,8H2,2-3H3,(H,14,16)/b11-9-. The molecule has 1 amide bonds. The molecule has 0 aromatic rings. The van der Waals surface area contributed by atoms with Crippen molar-refractivity contribution < 1.29 is 14.3 Å². The average Bonchev–Trinajstić information content (AvgIpc) is 2.22. The Bertz CT molecular complexity index is 356. The summed E-state index contributed by atoms with van der Waals surface area (Å²) in [5, 5.41) is 2.71. The molecule has 1 fully saturated rings. The maximum Gasteiger partial charge on any atom is 0.224 e. The van der Waals surface area contributed by atoms with E-state index in [0.29, 0.717) is 31.6 Å². The minimum Gasteiger partial charge on any atom is -0.371 e. The van der Waals surface area contributed by atoms with Gasteiger partial charge in [-0.25, -0.2) is 0 Å². The van der Waals surface area contributed by atoms with Gasteiger partial charge in [0.25, 0.3) is 0 Å². The molecule has 0 spiro atoms. The summed E-state index contributed by atoms with van der Waals surface area (Å²) < 4.78 is 5.59. The highest BCUT2D eigenvalue weighted by molar-refractivity contribution is 5.81. The van der Waals surface area contributed by atoms with E-state index in [1.165, 1.54) is 0 Å². The van der Waals surface area contributed by atoms with Gasteiger partial charge in [0.1, 0.15) is 6.29 Å². The summed E-state index contributed by atoms with van der Waals surface area (Å²) >= 11 is 0. The van der Waals surface area contributed by atoms with Gasteiger partial charge >= 0.3 is 0 Å². The smallest absolute Gasteiger partial charge is 0.224 e. The van der Waals surface area contributed by atoms with Gasteiger partial charge in [-0.1, -0.05) is 6.58 Å². The highest BCUT2D eigenvalue weighted by Crippen LogP contribution is 2.23. The average molecular weight is 237 g/mol.